The molecule has 1 aromatic carbocycles. The molecule has 0 saturated heterocycles. The largest absolute Gasteiger partial charge is 0.493 e. The lowest BCUT2D eigenvalue weighted by Gasteiger charge is -2.02. The van der Waals surface area contributed by atoms with Gasteiger partial charge in [-0.1, -0.05) is 0 Å². The summed E-state index contributed by atoms with van der Waals surface area (Å²) in [7, 11) is 0. The van der Waals surface area contributed by atoms with Crippen molar-refractivity contribution in [2.45, 2.75) is 6.92 Å². The van der Waals surface area contributed by atoms with Crippen molar-refractivity contribution < 1.29 is 5.11 Å². The first-order valence-corrected chi connectivity index (χ1v) is 5.26. The fourth-order valence-corrected chi connectivity index (χ4v) is 1.55. The fourth-order valence-electron chi connectivity index (χ4n) is 1.20. The fraction of sp³-hybridized carbons (Fsp3) is 0.100. The number of hydrogen-bond acceptors (Lipinski definition) is 2. The Kier molecular flexibility index (Phi) is 2.45. The highest BCUT2D eigenvalue weighted by Gasteiger charge is 2.06. The Morgan fingerprint density at radius 2 is 1.93 bits per heavy atom. The molecule has 0 atom stereocenters. The average Bonchev–Trinajstić information content (AvgIpc) is 2.50. The van der Waals surface area contributed by atoms with Crippen molar-refractivity contribution in [3.05, 3.63) is 39.6 Å². The molecule has 3 nitrogen and oxygen atoms in total. The molecule has 1 N–H and O–H groups in total. The Balaban J connectivity index is 2.49. The number of rotatable bonds is 1. The lowest BCUT2D eigenvalue weighted by Crippen LogP contribution is -1.94. The molecule has 0 unspecified atom stereocenters. The predicted molar refractivity (Wildman–Crippen MR) is 62.7 cm³/mol. The van der Waals surface area contributed by atoms with E-state index in [1.807, 2.05) is 31.2 Å². The molecule has 0 aliphatic rings. The van der Waals surface area contributed by atoms with E-state index in [9.17, 15) is 5.11 Å². The summed E-state index contributed by atoms with van der Waals surface area (Å²) in [6.45, 7) is 1.82. The number of hydrogen-bond donors (Lipinski definition) is 1. The number of halogens is 1. The van der Waals surface area contributed by atoms with E-state index < -0.39 is 0 Å². The minimum atomic E-state index is 0.200. The molecule has 0 fully saturated rings. The Morgan fingerprint density at radius 3 is 2.43 bits per heavy atom. The molecule has 4 heteroatoms. The molecule has 0 bridgehead atoms. The van der Waals surface area contributed by atoms with Gasteiger partial charge in [0.15, 0.2) is 0 Å². The van der Waals surface area contributed by atoms with E-state index >= 15 is 0 Å². The monoisotopic (exact) mass is 300 g/mol. The van der Waals surface area contributed by atoms with Crippen LogP contribution < -0.4 is 0 Å². The van der Waals surface area contributed by atoms with Gasteiger partial charge >= 0.3 is 0 Å². The van der Waals surface area contributed by atoms with Crippen LogP contribution in [-0.4, -0.2) is 14.9 Å². The molecule has 0 spiro atoms. The molecule has 0 amide bonds. The van der Waals surface area contributed by atoms with E-state index in [1.54, 1.807) is 6.20 Å². The van der Waals surface area contributed by atoms with Gasteiger partial charge in [-0.05, 0) is 53.8 Å². The van der Waals surface area contributed by atoms with Crippen LogP contribution in [-0.2, 0) is 0 Å². The highest BCUT2D eigenvalue weighted by molar-refractivity contribution is 14.1. The summed E-state index contributed by atoms with van der Waals surface area (Å²) in [6.07, 6.45) is 1.65. The quantitative estimate of drug-likeness (QED) is 0.822. The normalized spacial score (nSPS) is 10.4. The molecule has 2 rings (SSSR count). The van der Waals surface area contributed by atoms with Crippen molar-refractivity contribution in [2.24, 2.45) is 0 Å². The van der Waals surface area contributed by atoms with E-state index in [4.69, 9.17) is 0 Å². The molecular weight excluding hydrogens is 291 g/mol. The summed E-state index contributed by atoms with van der Waals surface area (Å²) in [4.78, 5) is 0. The van der Waals surface area contributed by atoms with Crippen LogP contribution in [0.3, 0.4) is 0 Å². The van der Waals surface area contributed by atoms with Crippen LogP contribution in [0.15, 0.2) is 30.5 Å². The van der Waals surface area contributed by atoms with Crippen LogP contribution in [0.2, 0.25) is 0 Å². The van der Waals surface area contributed by atoms with Crippen molar-refractivity contribution >= 4 is 22.6 Å². The Labute approximate surface area is 95.5 Å². The number of aromatic nitrogens is 2. The summed E-state index contributed by atoms with van der Waals surface area (Å²) in [5.74, 6) is 0.200. The maximum atomic E-state index is 9.66. The third kappa shape index (κ3) is 1.61. The molecule has 1 aromatic heterocycles. The van der Waals surface area contributed by atoms with Gasteiger partial charge in [0.05, 0.1) is 11.9 Å². The first-order chi connectivity index (χ1) is 6.68. The van der Waals surface area contributed by atoms with Crippen molar-refractivity contribution in [1.29, 1.82) is 0 Å². The maximum absolute atomic E-state index is 9.66. The summed E-state index contributed by atoms with van der Waals surface area (Å²) in [5, 5.41) is 13.7. The average molecular weight is 300 g/mol. The van der Waals surface area contributed by atoms with Gasteiger partial charge in [-0.15, -0.1) is 0 Å². The Bertz CT molecular complexity index is 448. The van der Waals surface area contributed by atoms with E-state index in [-0.39, 0.29) is 5.88 Å². The molecule has 0 radical (unpaired) electrons. The molecule has 2 aromatic rings. The summed E-state index contributed by atoms with van der Waals surface area (Å²) in [6, 6.07) is 7.81. The van der Waals surface area contributed by atoms with Crippen LogP contribution >= 0.6 is 22.6 Å². The zero-order chi connectivity index (χ0) is 10.1. The van der Waals surface area contributed by atoms with E-state index in [2.05, 4.69) is 27.7 Å². The van der Waals surface area contributed by atoms with Crippen LogP contribution in [0, 0.1) is 10.5 Å². The highest BCUT2D eigenvalue weighted by atomic mass is 127. The van der Waals surface area contributed by atoms with Crippen LogP contribution in [0.4, 0.5) is 0 Å². The number of benzene rings is 1. The molecule has 72 valence electrons. The van der Waals surface area contributed by atoms with E-state index in [1.165, 1.54) is 4.68 Å². The lowest BCUT2D eigenvalue weighted by atomic mass is 10.3. The van der Waals surface area contributed by atoms with Crippen molar-refractivity contribution in [2.75, 3.05) is 0 Å². The molecule has 0 aliphatic heterocycles. The number of nitrogens with zero attached hydrogens (tertiary/aromatic N) is 2. The number of aryl methyl sites for hydroxylation is 1. The molecule has 0 aliphatic carbocycles. The zero-order valence-corrected chi connectivity index (χ0v) is 9.76. The summed E-state index contributed by atoms with van der Waals surface area (Å²) in [5.41, 5.74) is 1.65. The van der Waals surface area contributed by atoms with Crippen LogP contribution in [0.5, 0.6) is 5.88 Å². The van der Waals surface area contributed by atoms with Gasteiger partial charge < -0.3 is 5.11 Å². The van der Waals surface area contributed by atoms with Gasteiger partial charge in [0.2, 0.25) is 5.88 Å². The zero-order valence-electron chi connectivity index (χ0n) is 7.61. The Hall–Kier alpha value is -1.04. The van der Waals surface area contributed by atoms with E-state index in [0.717, 1.165) is 14.8 Å². The first kappa shape index (κ1) is 9.51. The summed E-state index contributed by atoms with van der Waals surface area (Å²) >= 11 is 2.24. The maximum Gasteiger partial charge on any atom is 0.217 e. The van der Waals surface area contributed by atoms with Gasteiger partial charge in [-0.25, -0.2) is 4.68 Å². The second-order valence-electron chi connectivity index (χ2n) is 3.04. The van der Waals surface area contributed by atoms with E-state index in [0.29, 0.717) is 0 Å². The van der Waals surface area contributed by atoms with Crippen molar-refractivity contribution in [3.63, 3.8) is 0 Å². The number of aromatic hydroxyl groups is 1. The minimum absolute atomic E-state index is 0.200. The molecule has 1 heterocycles. The molecule has 0 saturated carbocycles. The molecule has 14 heavy (non-hydrogen) atoms. The van der Waals surface area contributed by atoms with Gasteiger partial charge in [-0.3, -0.25) is 0 Å². The second-order valence-corrected chi connectivity index (χ2v) is 4.29. The van der Waals surface area contributed by atoms with Gasteiger partial charge in [-0.2, -0.15) is 5.10 Å². The van der Waals surface area contributed by atoms with Crippen molar-refractivity contribution in [1.82, 2.24) is 9.78 Å². The van der Waals surface area contributed by atoms with Gasteiger partial charge in [0.1, 0.15) is 0 Å². The molecular formula is C10H9IN2O. The highest BCUT2D eigenvalue weighted by Crippen LogP contribution is 2.20. The first-order valence-electron chi connectivity index (χ1n) is 4.18. The standard InChI is InChI=1S/C10H9IN2O/c1-7-6-12-13(10(7)14)9-4-2-8(11)3-5-9/h2-6,14H,1H3. The summed E-state index contributed by atoms with van der Waals surface area (Å²) < 4.78 is 2.68. The predicted octanol–water partition coefficient (Wildman–Crippen LogP) is 2.49. The lowest BCUT2D eigenvalue weighted by molar-refractivity contribution is 0.430. The van der Waals surface area contributed by atoms with Crippen LogP contribution in [0.1, 0.15) is 5.56 Å². The smallest absolute Gasteiger partial charge is 0.217 e. The van der Waals surface area contributed by atoms with Gasteiger partial charge in [0.25, 0.3) is 0 Å². The Morgan fingerprint density at radius 1 is 1.29 bits per heavy atom. The third-order valence-corrected chi connectivity index (χ3v) is 2.71. The van der Waals surface area contributed by atoms with Crippen molar-refractivity contribution in [3.8, 4) is 11.6 Å². The second kappa shape index (κ2) is 3.61. The van der Waals surface area contributed by atoms with Crippen LogP contribution in [0.25, 0.3) is 5.69 Å². The topological polar surface area (TPSA) is 38.0 Å². The van der Waals surface area contributed by atoms with Gasteiger partial charge in [0, 0.05) is 9.13 Å². The third-order valence-electron chi connectivity index (χ3n) is 1.99. The SMILES string of the molecule is Cc1cnn(-c2ccc(I)cc2)c1O. The minimum Gasteiger partial charge on any atom is -0.493 e.